The first-order chi connectivity index (χ1) is 18.1. The van der Waals surface area contributed by atoms with Crippen molar-refractivity contribution in [1.29, 1.82) is 0 Å². The fraction of sp³-hybridized carbons (Fsp3) is 0.133. The summed E-state index contributed by atoms with van der Waals surface area (Å²) in [7, 11) is 0. The Morgan fingerprint density at radius 3 is 2.38 bits per heavy atom. The van der Waals surface area contributed by atoms with Crippen molar-refractivity contribution in [1.82, 2.24) is 24.6 Å². The molecule has 2 aromatic carbocycles. The second-order valence-electron chi connectivity index (χ2n) is 9.67. The summed E-state index contributed by atoms with van der Waals surface area (Å²) in [5, 5.41) is 20.0. The maximum Gasteiger partial charge on any atom is 0.190 e. The van der Waals surface area contributed by atoms with Gasteiger partial charge in [0.25, 0.3) is 0 Å². The third-order valence-corrected chi connectivity index (χ3v) is 7.43. The van der Waals surface area contributed by atoms with Gasteiger partial charge in [-0.1, -0.05) is 54.6 Å². The molecule has 6 aromatic rings. The average molecular weight is 485 g/mol. The minimum atomic E-state index is -0.198. The first-order valence-electron chi connectivity index (χ1n) is 12.4. The van der Waals surface area contributed by atoms with E-state index in [1.165, 1.54) is 12.0 Å². The Morgan fingerprint density at radius 1 is 0.838 bits per heavy atom. The van der Waals surface area contributed by atoms with Gasteiger partial charge in [0.15, 0.2) is 11.5 Å². The lowest BCUT2D eigenvalue weighted by Gasteiger charge is -2.38. The first kappa shape index (κ1) is 21.6. The maximum absolute atomic E-state index is 10.3. The van der Waals surface area contributed by atoms with Gasteiger partial charge in [-0.3, -0.25) is 4.40 Å². The number of fused-ring (bicyclic) bond motifs is 3. The molecule has 0 atom stereocenters. The van der Waals surface area contributed by atoms with Crippen molar-refractivity contribution in [2.75, 3.05) is 0 Å². The van der Waals surface area contributed by atoms with Crippen LogP contribution in [0.4, 0.5) is 0 Å². The van der Waals surface area contributed by atoms with Gasteiger partial charge < -0.3 is 10.8 Å². The number of benzene rings is 2. The Bertz CT molecular complexity index is 1770. The second-order valence-corrected chi connectivity index (χ2v) is 9.67. The summed E-state index contributed by atoms with van der Waals surface area (Å²) < 4.78 is 1.84. The molecule has 4 aromatic heterocycles. The Hall–Kier alpha value is -4.62. The lowest BCUT2D eigenvalue weighted by Crippen LogP contribution is -2.43. The summed E-state index contributed by atoms with van der Waals surface area (Å²) in [5.74, 6) is 0.530. The molecule has 3 N–H and O–H groups in total. The second kappa shape index (κ2) is 8.21. The van der Waals surface area contributed by atoms with Crippen LogP contribution < -0.4 is 5.73 Å². The molecule has 0 spiro atoms. The largest absolute Gasteiger partial charge is 0.506 e. The van der Waals surface area contributed by atoms with Crippen LogP contribution in [0.15, 0.2) is 91.3 Å². The van der Waals surface area contributed by atoms with E-state index in [1.54, 1.807) is 18.3 Å². The fourth-order valence-corrected chi connectivity index (χ4v) is 5.19. The van der Waals surface area contributed by atoms with Crippen molar-refractivity contribution in [2.24, 2.45) is 5.73 Å². The monoisotopic (exact) mass is 484 g/mol. The van der Waals surface area contributed by atoms with E-state index in [4.69, 9.17) is 10.7 Å². The quantitative estimate of drug-likeness (QED) is 0.332. The first-order valence-corrected chi connectivity index (χ1v) is 12.4. The number of pyridine rings is 3. The van der Waals surface area contributed by atoms with Gasteiger partial charge in [-0.15, -0.1) is 10.2 Å². The van der Waals surface area contributed by atoms with E-state index in [0.29, 0.717) is 17.2 Å². The summed E-state index contributed by atoms with van der Waals surface area (Å²) >= 11 is 0. The standard InChI is InChI=1S/C30H24N6O/c31-30(14-5-15-30)21-11-9-20(10-12-21)26-22(19-6-2-1-3-7-19)18-23-24(33-26)13-17-36-28(23)34-35-29(36)27-25(37)8-4-16-32-27/h1-4,6-13,16-18,37H,5,14-15,31H2. The van der Waals surface area contributed by atoms with Gasteiger partial charge in [0.2, 0.25) is 0 Å². The molecule has 0 aliphatic heterocycles. The van der Waals surface area contributed by atoms with Crippen LogP contribution >= 0.6 is 0 Å². The molecular formula is C30H24N6O. The molecule has 4 heterocycles. The molecule has 0 radical (unpaired) electrons. The van der Waals surface area contributed by atoms with Crippen LogP contribution in [0.2, 0.25) is 0 Å². The number of aromatic nitrogens is 5. The summed E-state index contributed by atoms with van der Waals surface area (Å²) in [4.78, 5) is 9.43. The third kappa shape index (κ3) is 3.47. The van der Waals surface area contributed by atoms with Gasteiger partial charge in [-0.2, -0.15) is 0 Å². The molecule has 0 unspecified atom stereocenters. The van der Waals surface area contributed by atoms with Crippen molar-refractivity contribution < 1.29 is 5.11 Å². The molecule has 37 heavy (non-hydrogen) atoms. The van der Waals surface area contributed by atoms with Gasteiger partial charge in [-0.05, 0) is 54.7 Å². The zero-order valence-electron chi connectivity index (χ0n) is 20.0. The summed E-state index contributed by atoms with van der Waals surface area (Å²) in [6.07, 6.45) is 6.74. The zero-order valence-corrected chi connectivity index (χ0v) is 20.0. The molecule has 0 saturated heterocycles. The van der Waals surface area contributed by atoms with E-state index in [0.717, 1.165) is 46.1 Å². The van der Waals surface area contributed by atoms with E-state index in [9.17, 15) is 5.11 Å². The molecule has 1 aliphatic rings. The van der Waals surface area contributed by atoms with Gasteiger partial charge in [0.05, 0.1) is 11.2 Å². The van der Waals surface area contributed by atoms with Gasteiger partial charge in [0.1, 0.15) is 11.4 Å². The molecular weight excluding hydrogens is 460 g/mol. The van der Waals surface area contributed by atoms with Crippen molar-refractivity contribution in [3.8, 4) is 39.7 Å². The van der Waals surface area contributed by atoms with Crippen molar-refractivity contribution in [3.05, 3.63) is 96.8 Å². The predicted octanol–water partition coefficient (Wildman–Crippen LogP) is 5.72. The van der Waals surface area contributed by atoms with Crippen LogP contribution in [0.5, 0.6) is 5.75 Å². The Kier molecular flexibility index (Phi) is 4.81. The van der Waals surface area contributed by atoms with Crippen LogP contribution in [0.1, 0.15) is 24.8 Å². The Morgan fingerprint density at radius 2 is 1.65 bits per heavy atom. The Balaban J connectivity index is 1.43. The van der Waals surface area contributed by atoms with Crippen LogP contribution in [0.25, 0.3) is 50.5 Å². The van der Waals surface area contributed by atoms with Gasteiger partial charge in [-0.25, -0.2) is 9.97 Å². The van der Waals surface area contributed by atoms with Crippen LogP contribution in [-0.4, -0.2) is 29.7 Å². The highest BCUT2D eigenvalue weighted by atomic mass is 16.3. The van der Waals surface area contributed by atoms with Crippen LogP contribution in [0.3, 0.4) is 0 Å². The highest BCUT2D eigenvalue weighted by molar-refractivity contribution is 5.98. The maximum atomic E-state index is 10.3. The molecule has 0 bridgehead atoms. The van der Waals surface area contributed by atoms with E-state index in [1.807, 2.05) is 34.9 Å². The minimum absolute atomic E-state index is 0.0555. The molecule has 7 heteroatoms. The molecule has 180 valence electrons. The summed E-state index contributed by atoms with van der Waals surface area (Å²) in [6.45, 7) is 0. The van der Waals surface area contributed by atoms with Gasteiger partial charge >= 0.3 is 0 Å². The average Bonchev–Trinajstić information content (AvgIpc) is 3.36. The number of rotatable bonds is 4. The van der Waals surface area contributed by atoms with Gasteiger partial charge in [0, 0.05) is 34.4 Å². The van der Waals surface area contributed by atoms with Crippen LogP contribution in [0, 0.1) is 0 Å². The normalized spacial score (nSPS) is 14.6. The summed E-state index contributed by atoms with van der Waals surface area (Å²) in [6, 6.07) is 26.1. The fourth-order valence-electron chi connectivity index (χ4n) is 5.19. The van der Waals surface area contributed by atoms with E-state index in [-0.39, 0.29) is 11.3 Å². The molecule has 0 amide bonds. The number of hydrogen-bond donors (Lipinski definition) is 2. The van der Waals surface area contributed by atoms with Crippen molar-refractivity contribution in [3.63, 3.8) is 0 Å². The lowest BCUT2D eigenvalue weighted by atomic mass is 9.72. The minimum Gasteiger partial charge on any atom is -0.506 e. The van der Waals surface area contributed by atoms with E-state index >= 15 is 0 Å². The molecule has 7 rings (SSSR count). The van der Waals surface area contributed by atoms with Crippen LogP contribution in [-0.2, 0) is 5.54 Å². The smallest absolute Gasteiger partial charge is 0.190 e. The summed E-state index contributed by atoms with van der Waals surface area (Å²) in [5.41, 5.74) is 13.4. The molecule has 1 fully saturated rings. The SMILES string of the molecule is NC1(c2ccc(-c3nc4ccn5c(-c6ncccc6O)nnc5c4cc3-c3ccccc3)cc2)CCC1. The number of nitrogens with zero attached hydrogens (tertiary/aromatic N) is 5. The highest BCUT2D eigenvalue weighted by Gasteiger charge is 2.34. The topological polar surface area (TPSA) is 102 Å². The number of hydrogen-bond acceptors (Lipinski definition) is 6. The number of nitrogens with two attached hydrogens (primary N) is 1. The lowest BCUT2D eigenvalue weighted by molar-refractivity contribution is 0.253. The number of aromatic hydroxyl groups is 1. The van der Waals surface area contributed by atoms with Crippen molar-refractivity contribution in [2.45, 2.75) is 24.8 Å². The third-order valence-electron chi connectivity index (χ3n) is 7.43. The Labute approximate surface area is 213 Å². The molecule has 1 saturated carbocycles. The highest BCUT2D eigenvalue weighted by Crippen LogP contribution is 2.40. The zero-order chi connectivity index (χ0) is 25.0. The molecule has 7 nitrogen and oxygen atoms in total. The van der Waals surface area contributed by atoms with Crippen molar-refractivity contribution >= 4 is 16.6 Å². The molecule has 1 aliphatic carbocycles. The van der Waals surface area contributed by atoms with E-state index in [2.05, 4.69) is 57.6 Å². The van der Waals surface area contributed by atoms with E-state index < -0.39 is 0 Å². The predicted molar refractivity (Wildman–Crippen MR) is 144 cm³/mol.